The minimum absolute atomic E-state index is 0.000536. The lowest BCUT2D eigenvalue weighted by molar-refractivity contribution is -0.238. The smallest absolute Gasteiger partial charge is 0.442 e. The third-order valence-electron chi connectivity index (χ3n) is 7.39. The third-order valence-corrected chi connectivity index (χ3v) is 8.84. The number of rotatable bonds is 9. The molecule has 3 aromatic carbocycles. The van der Waals surface area contributed by atoms with Crippen LogP contribution in [0.3, 0.4) is 0 Å². The molecule has 1 unspecified atom stereocenters. The van der Waals surface area contributed by atoms with Gasteiger partial charge in [0.2, 0.25) is 5.91 Å². The van der Waals surface area contributed by atoms with E-state index in [1.165, 1.54) is 20.8 Å². The second-order valence-corrected chi connectivity index (χ2v) is 14.3. The molecule has 1 aliphatic rings. The van der Waals surface area contributed by atoms with E-state index in [1.54, 1.807) is 78.9 Å². The Labute approximate surface area is 291 Å². The van der Waals surface area contributed by atoms with Gasteiger partial charge in [-0.3, -0.25) is 18.7 Å². The standard InChI is InChI=1S/C34H34F3N5O8S/c1-33(2,3)49-32(46)42(50-31(45)34(35,36)37)26(18-20-9-5-4-6-10-20)30(44)40-25(29-38-23-11-7-8-12-24(23)39-29)17-21-13-15-22(16-14-21)27-19-28(43)41-51(27,47)48/h4-16,19,25-26,47-48H,17-18H2,1-3H3,(H,38,39)(H,40,44)(H,41,43)/t25?,26-/m0/s1. The summed E-state index contributed by atoms with van der Waals surface area (Å²) in [7, 11) is -3.54. The molecule has 3 amide bonds. The van der Waals surface area contributed by atoms with Crippen LogP contribution in [0.2, 0.25) is 0 Å². The number of ether oxygens (including phenoxy) is 1. The molecule has 5 rings (SSSR count). The molecule has 0 saturated carbocycles. The molecule has 17 heteroatoms. The number of carbonyl (C=O) groups excluding carboxylic acids is 4. The number of nitrogens with zero attached hydrogens (tertiary/aromatic N) is 2. The van der Waals surface area contributed by atoms with Crippen molar-refractivity contribution < 1.29 is 51.0 Å². The molecule has 51 heavy (non-hydrogen) atoms. The Hall–Kier alpha value is -5.39. The lowest BCUT2D eigenvalue weighted by Gasteiger charge is -2.32. The van der Waals surface area contributed by atoms with Gasteiger partial charge in [0.25, 0.3) is 5.91 Å². The van der Waals surface area contributed by atoms with Crippen molar-refractivity contribution in [3.05, 3.63) is 107 Å². The molecule has 2 heterocycles. The van der Waals surface area contributed by atoms with Crippen LogP contribution >= 0.6 is 10.8 Å². The molecule has 4 aromatic rings. The van der Waals surface area contributed by atoms with Crippen molar-refractivity contribution >= 4 is 50.6 Å². The van der Waals surface area contributed by atoms with Gasteiger partial charge in [0.1, 0.15) is 11.4 Å². The first-order valence-corrected chi connectivity index (χ1v) is 17.0. The number of amides is 3. The Kier molecular flexibility index (Phi) is 10.5. The number of aromatic amines is 1. The molecule has 270 valence electrons. The topological polar surface area (TPSA) is 183 Å². The average molecular weight is 730 g/mol. The number of nitrogens with one attached hydrogen (secondary N) is 3. The molecule has 0 radical (unpaired) electrons. The molecule has 5 N–H and O–H groups in total. The van der Waals surface area contributed by atoms with Crippen LogP contribution in [-0.4, -0.2) is 65.8 Å². The SMILES string of the molecule is CC(C)(C)OC(=O)N(OC(=O)C(F)(F)F)[C@@H](Cc1ccccc1)C(=O)NC(Cc1ccc(C2=CC(=O)NS2(O)O)cc1)c1nc2ccccc2[nH]1. The van der Waals surface area contributed by atoms with E-state index in [9.17, 15) is 41.5 Å². The predicted molar refractivity (Wildman–Crippen MR) is 180 cm³/mol. The first-order valence-electron chi connectivity index (χ1n) is 15.4. The quantitative estimate of drug-likeness (QED) is 0.130. The molecule has 1 aromatic heterocycles. The zero-order valence-electron chi connectivity index (χ0n) is 27.4. The van der Waals surface area contributed by atoms with Crippen LogP contribution in [0.15, 0.2) is 84.9 Å². The maximum atomic E-state index is 14.2. The van der Waals surface area contributed by atoms with E-state index in [1.807, 2.05) is 0 Å². The zero-order valence-corrected chi connectivity index (χ0v) is 28.2. The van der Waals surface area contributed by atoms with E-state index in [0.717, 1.165) is 6.08 Å². The summed E-state index contributed by atoms with van der Waals surface area (Å²) in [5, 5.41) is 2.76. The Morgan fingerprint density at radius 2 is 1.55 bits per heavy atom. The van der Waals surface area contributed by atoms with Gasteiger partial charge in [-0.05, 0) is 56.0 Å². The largest absolute Gasteiger partial charge is 0.493 e. The molecular weight excluding hydrogens is 695 g/mol. The highest BCUT2D eigenvalue weighted by molar-refractivity contribution is 8.31. The Morgan fingerprint density at radius 1 is 0.922 bits per heavy atom. The van der Waals surface area contributed by atoms with Crippen molar-refractivity contribution in [2.75, 3.05) is 0 Å². The number of fused-ring (bicyclic) bond motifs is 1. The molecule has 0 bridgehead atoms. The maximum absolute atomic E-state index is 14.2. The number of hydrogen-bond donors (Lipinski definition) is 5. The van der Waals surface area contributed by atoms with Crippen LogP contribution < -0.4 is 10.0 Å². The van der Waals surface area contributed by atoms with Crippen molar-refractivity contribution in [1.82, 2.24) is 25.1 Å². The van der Waals surface area contributed by atoms with Crippen molar-refractivity contribution in [2.45, 2.75) is 57.5 Å². The van der Waals surface area contributed by atoms with Gasteiger partial charge in [0.05, 0.1) is 22.0 Å². The first kappa shape index (κ1) is 36.9. The minimum Gasteiger partial charge on any atom is -0.442 e. The normalized spacial score (nSPS) is 16.0. The number of carbonyl (C=O) groups is 4. The Morgan fingerprint density at radius 3 is 2.14 bits per heavy atom. The number of benzene rings is 3. The fourth-order valence-corrected chi connectivity index (χ4v) is 6.32. The third kappa shape index (κ3) is 9.24. The van der Waals surface area contributed by atoms with Gasteiger partial charge >= 0.3 is 18.2 Å². The first-order chi connectivity index (χ1) is 23.9. The van der Waals surface area contributed by atoms with E-state index in [0.29, 0.717) is 27.7 Å². The van der Waals surface area contributed by atoms with E-state index in [-0.39, 0.29) is 28.6 Å². The van der Waals surface area contributed by atoms with Crippen molar-refractivity contribution in [1.29, 1.82) is 0 Å². The second-order valence-electron chi connectivity index (χ2n) is 12.5. The predicted octanol–water partition coefficient (Wildman–Crippen LogP) is 5.97. The summed E-state index contributed by atoms with van der Waals surface area (Å²) in [5.74, 6) is -4.14. The highest BCUT2D eigenvalue weighted by atomic mass is 32.3. The lowest BCUT2D eigenvalue weighted by Crippen LogP contribution is -2.54. The van der Waals surface area contributed by atoms with E-state index < -0.39 is 58.5 Å². The van der Waals surface area contributed by atoms with Crippen molar-refractivity contribution in [3.63, 3.8) is 0 Å². The molecule has 0 spiro atoms. The molecule has 0 fully saturated rings. The van der Waals surface area contributed by atoms with Gasteiger partial charge in [-0.2, -0.15) is 13.2 Å². The summed E-state index contributed by atoms with van der Waals surface area (Å²) >= 11 is 0. The number of hydrogen-bond acceptors (Lipinski definition) is 9. The average Bonchev–Trinajstić information content (AvgIpc) is 3.60. The molecule has 1 aliphatic heterocycles. The fraction of sp³-hybridized carbons (Fsp3) is 0.265. The summed E-state index contributed by atoms with van der Waals surface area (Å²) in [4.78, 5) is 63.7. The van der Waals surface area contributed by atoms with Crippen molar-refractivity contribution in [2.24, 2.45) is 0 Å². The monoisotopic (exact) mass is 729 g/mol. The number of halogens is 3. The molecule has 13 nitrogen and oxygen atoms in total. The number of hydroxylamine groups is 2. The van der Waals surface area contributed by atoms with Gasteiger partial charge in [-0.15, -0.1) is 5.06 Å². The van der Waals surface area contributed by atoms with Crippen LogP contribution in [0.5, 0.6) is 0 Å². The van der Waals surface area contributed by atoms with Gasteiger partial charge in [0, 0.05) is 12.5 Å². The molecular formula is C34H34F3N5O8S. The Balaban J connectivity index is 1.52. The van der Waals surface area contributed by atoms with Gasteiger partial charge < -0.3 is 19.9 Å². The summed E-state index contributed by atoms with van der Waals surface area (Å²) < 4.78 is 68.2. The van der Waals surface area contributed by atoms with Crippen LogP contribution in [0.1, 0.15) is 49.3 Å². The van der Waals surface area contributed by atoms with Crippen LogP contribution in [0.4, 0.5) is 18.0 Å². The van der Waals surface area contributed by atoms with Crippen molar-refractivity contribution in [3.8, 4) is 0 Å². The number of para-hydroxylation sites is 2. The summed E-state index contributed by atoms with van der Waals surface area (Å²) in [6.07, 6.45) is -6.29. The number of alkyl halides is 3. The van der Waals surface area contributed by atoms with Crippen LogP contribution in [0.25, 0.3) is 15.9 Å². The molecule has 2 atom stereocenters. The maximum Gasteiger partial charge on any atom is 0.493 e. The molecule has 0 saturated heterocycles. The highest BCUT2D eigenvalue weighted by Gasteiger charge is 2.47. The number of imidazole rings is 1. The number of H-pyrrole nitrogens is 1. The van der Waals surface area contributed by atoms with E-state index in [4.69, 9.17) is 4.74 Å². The van der Waals surface area contributed by atoms with Crippen LogP contribution in [-0.2, 0) is 36.8 Å². The van der Waals surface area contributed by atoms with Gasteiger partial charge in [0.15, 0.2) is 6.04 Å². The molecule has 0 aliphatic carbocycles. The zero-order chi connectivity index (χ0) is 37.1. The fourth-order valence-electron chi connectivity index (χ4n) is 5.13. The van der Waals surface area contributed by atoms with E-state index >= 15 is 0 Å². The summed E-state index contributed by atoms with van der Waals surface area (Å²) in [6.45, 7) is 4.34. The Bertz CT molecular complexity index is 1930. The highest BCUT2D eigenvalue weighted by Crippen LogP contribution is 2.52. The summed E-state index contributed by atoms with van der Waals surface area (Å²) in [5.41, 5.74) is 1.28. The number of aromatic nitrogens is 2. The van der Waals surface area contributed by atoms with Gasteiger partial charge in [-0.1, -0.05) is 77.5 Å². The summed E-state index contributed by atoms with van der Waals surface area (Å²) in [6, 6.07) is 18.6. The van der Waals surface area contributed by atoms with Crippen LogP contribution in [0, 0.1) is 0 Å². The van der Waals surface area contributed by atoms with Gasteiger partial charge in [-0.25, -0.2) is 19.3 Å². The lowest BCUT2D eigenvalue weighted by atomic mass is 10.0. The van der Waals surface area contributed by atoms with E-state index in [2.05, 4.69) is 24.8 Å². The second kappa shape index (κ2) is 14.5. The minimum atomic E-state index is -5.51.